The maximum absolute atomic E-state index is 12.7. The van der Waals surface area contributed by atoms with E-state index >= 15 is 0 Å². The number of phosphoric acid groups is 1. The summed E-state index contributed by atoms with van der Waals surface area (Å²) in [6.45, 7) is 2.40. The highest BCUT2D eigenvalue weighted by molar-refractivity contribution is 7.47. The highest BCUT2D eigenvalue weighted by Crippen LogP contribution is 2.43. The van der Waals surface area contributed by atoms with Crippen LogP contribution in [0.1, 0.15) is 239 Å². The van der Waals surface area contributed by atoms with Crippen LogP contribution in [0.2, 0.25) is 0 Å². The Balaban J connectivity index is 4.19. The summed E-state index contributed by atoms with van der Waals surface area (Å²) in [4.78, 5) is 35.1. The fourth-order valence-corrected chi connectivity index (χ4v) is 7.82. The molecule has 0 aromatic rings. The predicted octanol–water partition coefficient (Wildman–Crippen LogP) is 13.7. The van der Waals surface area contributed by atoms with Gasteiger partial charge in [0.2, 0.25) is 0 Å². The van der Waals surface area contributed by atoms with E-state index in [4.69, 9.17) is 23.6 Å². The second-order valence-electron chi connectivity index (χ2n) is 16.8. The highest BCUT2D eigenvalue weighted by Gasteiger charge is 2.27. The van der Waals surface area contributed by atoms with Crippen molar-refractivity contribution in [2.75, 3.05) is 26.4 Å². The standard InChI is InChI=1S/C49H93O10P/c1-3-5-7-9-11-13-15-17-19-21-23-25-27-29-31-33-35-37-39-41-49(53)59-47(45-58-60(54,55)57-43-46(51)42-50)44-56-48(52)40-38-36-34-32-30-28-26-24-22-20-18-16-14-12-10-8-6-4-2/h11,13,17,19,46-47,50-51H,3-10,12,14-16,18,20-45H2,1-2H3,(H,54,55)/b13-11-,19-17-/t46-,47+/m0/s1. The third kappa shape index (κ3) is 44.5. The summed E-state index contributed by atoms with van der Waals surface area (Å²) in [7, 11) is -4.62. The van der Waals surface area contributed by atoms with Crippen molar-refractivity contribution in [1.82, 2.24) is 0 Å². The van der Waals surface area contributed by atoms with E-state index in [1.807, 2.05) is 0 Å². The van der Waals surface area contributed by atoms with Crippen molar-refractivity contribution >= 4 is 19.8 Å². The van der Waals surface area contributed by atoms with Gasteiger partial charge in [0.05, 0.1) is 19.8 Å². The minimum absolute atomic E-state index is 0.182. The molecule has 10 nitrogen and oxygen atoms in total. The molecule has 1 unspecified atom stereocenters. The van der Waals surface area contributed by atoms with E-state index < -0.39 is 51.8 Å². The Hall–Kier alpha value is -1.55. The molecule has 0 fully saturated rings. The van der Waals surface area contributed by atoms with Crippen molar-refractivity contribution in [2.24, 2.45) is 0 Å². The Morgan fingerprint density at radius 2 is 0.867 bits per heavy atom. The average Bonchev–Trinajstić information content (AvgIpc) is 3.24. The van der Waals surface area contributed by atoms with Crippen molar-refractivity contribution in [2.45, 2.75) is 251 Å². The van der Waals surface area contributed by atoms with Crippen molar-refractivity contribution in [3.05, 3.63) is 24.3 Å². The Morgan fingerprint density at radius 1 is 0.500 bits per heavy atom. The van der Waals surface area contributed by atoms with Gasteiger partial charge in [-0.25, -0.2) is 4.57 Å². The molecule has 0 saturated carbocycles. The van der Waals surface area contributed by atoms with Gasteiger partial charge in [0.25, 0.3) is 0 Å². The molecule has 0 heterocycles. The van der Waals surface area contributed by atoms with E-state index in [1.54, 1.807) is 0 Å². The van der Waals surface area contributed by atoms with Crippen molar-refractivity contribution in [1.29, 1.82) is 0 Å². The third-order valence-corrected chi connectivity index (χ3v) is 11.8. The molecular weight excluding hydrogens is 780 g/mol. The molecule has 3 N–H and O–H groups in total. The Bertz CT molecular complexity index is 1050. The monoisotopic (exact) mass is 873 g/mol. The number of carbonyl (C=O) groups is 2. The van der Waals surface area contributed by atoms with Crippen LogP contribution >= 0.6 is 7.82 Å². The van der Waals surface area contributed by atoms with Crippen LogP contribution in [0.25, 0.3) is 0 Å². The van der Waals surface area contributed by atoms with Crippen LogP contribution in [0, 0.1) is 0 Å². The molecule has 354 valence electrons. The number of hydrogen-bond donors (Lipinski definition) is 3. The van der Waals surface area contributed by atoms with E-state index in [9.17, 15) is 24.2 Å². The minimum Gasteiger partial charge on any atom is -0.462 e. The van der Waals surface area contributed by atoms with E-state index in [0.29, 0.717) is 12.8 Å². The quantitative estimate of drug-likeness (QED) is 0.0233. The maximum atomic E-state index is 12.7. The van der Waals surface area contributed by atoms with Crippen LogP contribution in [0.4, 0.5) is 0 Å². The van der Waals surface area contributed by atoms with Gasteiger partial charge in [-0.1, -0.05) is 205 Å². The Labute approximate surface area is 368 Å². The van der Waals surface area contributed by atoms with Crippen molar-refractivity contribution < 1.29 is 47.8 Å². The third-order valence-electron chi connectivity index (χ3n) is 10.9. The Kier molecular flexibility index (Phi) is 44.3. The van der Waals surface area contributed by atoms with Crippen LogP contribution in [-0.4, -0.2) is 65.7 Å². The summed E-state index contributed by atoms with van der Waals surface area (Å²) in [6.07, 6.45) is 47.1. The number of carbonyl (C=O) groups excluding carboxylic acids is 2. The lowest BCUT2D eigenvalue weighted by atomic mass is 10.0. The first kappa shape index (κ1) is 58.5. The number of allylic oxidation sites excluding steroid dienone is 4. The first-order valence-electron chi connectivity index (χ1n) is 24.8. The van der Waals surface area contributed by atoms with Crippen molar-refractivity contribution in [3.63, 3.8) is 0 Å². The van der Waals surface area contributed by atoms with Crippen LogP contribution in [0.15, 0.2) is 24.3 Å². The van der Waals surface area contributed by atoms with Gasteiger partial charge in [-0.3, -0.25) is 18.6 Å². The first-order chi connectivity index (χ1) is 29.2. The van der Waals surface area contributed by atoms with Crippen LogP contribution in [0.3, 0.4) is 0 Å². The summed E-state index contributed by atoms with van der Waals surface area (Å²) >= 11 is 0. The summed E-state index contributed by atoms with van der Waals surface area (Å²) in [5.41, 5.74) is 0. The number of aliphatic hydroxyl groups is 2. The maximum Gasteiger partial charge on any atom is 0.472 e. The molecule has 0 amide bonds. The molecule has 0 spiro atoms. The molecule has 60 heavy (non-hydrogen) atoms. The average molecular weight is 873 g/mol. The first-order valence-corrected chi connectivity index (χ1v) is 26.3. The van der Waals surface area contributed by atoms with Gasteiger partial charge in [-0.05, 0) is 44.9 Å². The normalized spacial score (nSPS) is 13.9. The van der Waals surface area contributed by atoms with Gasteiger partial charge < -0.3 is 24.6 Å². The van der Waals surface area contributed by atoms with E-state index in [0.717, 1.165) is 51.4 Å². The Morgan fingerprint density at radius 3 is 1.32 bits per heavy atom. The fourth-order valence-electron chi connectivity index (χ4n) is 7.03. The van der Waals surface area contributed by atoms with Crippen LogP contribution in [0.5, 0.6) is 0 Å². The van der Waals surface area contributed by atoms with E-state index in [-0.39, 0.29) is 19.4 Å². The summed E-state index contributed by atoms with van der Waals surface area (Å²) < 4.78 is 32.8. The molecule has 11 heteroatoms. The zero-order chi connectivity index (χ0) is 44.0. The minimum atomic E-state index is -4.62. The zero-order valence-electron chi connectivity index (χ0n) is 38.7. The van der Waals surface area contributed by atoms with Gasteiger partial charge in [0, 0.05) is 12.8 Å². The lowest BCUT2D eigenvalue weighted by Crippen LogP contribution is -2.29. The summed E-state index contributed by atoms with van der Waals surface area (Å²) in [5.74, 6) is -0.917. The number of aliphatic hydroxyl groups excluding tert-OH is 2. The largest absolute Gasteiger partial charge is 0.472 e. The number of hydrogen-bond acceptors (Lipinski definition) is 9. The summed E-state index contributed by atoms with van der Waals surface area (Å²) in [6, 6.07) is 0. The number of esters is 2. The lowest BCUT2D eigenvalue weighted by Gasteiger charge is -2.20. The molecule has 0 aliphatic heterocycles. The van der Waals surface area contributed by atoms with Crippen molar-refractivity contribution in [3.8, 4) is 0 Å². The zero-order valence-corrected chi connectivity index (χ0v) is 39.6. The van der Waals surface area contributed by atoms with Gasteiger partial charge in [0.15, 0.2) is 6.10 Å². The molecule has 0 aromatic carbocycles. The molecular formula is C49H93O10P. The second-order valence-corrected chi connectivity index (χ2v) is 18.3. The van der Waals surface area contributed by atoms with Gasteiger partial charge >= 0.3 is 19.8 Å². The molecule has 0 aliphatic carbocycles. The summed E-state index contributed by atoms with van der Waals surface area (Å²) in [5, 5.41) is 18.4. The number of unbranched alkanes of at least 4 members (excludes halogenated alkanes) is 29. The highest BCUT2D eigenvalue weighted by atomic mass is 31.2. The molecule has 0 saturated heterocycles. The number of ether oxygens (including phenoxy) is 2. The molecule has 0 aliphatic rings. The number of phosphoric ester groups is 1. The van der Waals surface area contributed by atoms with Crippen LogP contribution < -0.4 is 0 Å². The van der Waals surface area contributed by atoms with Crippen LogP contribution in [-0.2, 0) is 32.7 Å². The molecule has 0 bridgehead atoms. The molecule has 0 aromatic heterocycles. The molecule has 3 atom stereocenters. The van der Waals surface area contributed by atoms with E-state index in [2.05, 4.69) is 38.2 Å². The van der Waals surface area contributed by atoms with Gasteiger partial charge in [0.1, 0.15) is 12.7 Å². The smallest absolute Gasteiger partial charge is 0.462 e. The fraction of sp³-hybridized carbons (Fsp3) is 0.878. The molecule has 0 rings (SSSR count). The lowest BCUT2D eigenvalue weighted by molar-refractivity contribution is -0.161. The predicted molar refractivity (Wildman–Crippen MR) is 247 cm³/mol. The number of rotatable bonds is 47. The van der Waals surface area contributed by atoms with Gasteiger partial charge in [-0.2, -0.15) is 0 Å². The van der Waals surface area contributed by atoms with Gasteiger partial charge in [-0.15, -0.1) is 0 Å². The topological polar surface area (TPSA) is 149 Å². The molecule has 0 radical (unpaired) electrons. The van der Waals surface area contributed by atoms with E-state index in [1.165, 1.54) is 148 Å². The second kappa shape index (κ2) is 45.5. The SMILES string of the molecule is CCCCC/C=C\C/C=C\CCCCCCCCCCCC(=O)O[C@H](COC(=O)CCCCCCCCCCCCCCCCCCCC)COP(=O)(O)OC[C@@H](O)CO.